The van der Waals surface area contributed by atoms with Crippen LogP contribution in [0.1, 0.15) is 12.1 Å². The van der Waals surface area contributed by atoms with Crippen LogP contribution in [0.25, 0.3) is 0 Å². The number of β-amino-alcohol motifs (C(OH)–C–C–N with tert-alkyl or cyclic N) is 1. The molecular formula is C11H16N4O4. The van der Waals surface area contributed by atoms with E-state index in [0.29, 0.717) is 0 Å². The van der Waals surface area contributed by atoms with Crippen molar-refractivity contribution in [2.45, 2.75) is 25.1 Å². The number of amides is 2. The van der Waals surface area contributed by atoms with Crippen molar-refractivity contribution in [1.29, 1.82) is 0 Å². The number of rotatable bonds is 3. The Labute approximate surface area is 109 Å². The molecule has 0 spiro atoms. The summed E-state index contributed by atoms with van der Waals surface area (Å²) >= 11 is 0. The van der Waals surface area contributed by atoms with Crippen LogP contribution in [0.15, 0.2) is 12.3 Å². The fraction of sp³-hybridized carbons (Fsp3) is 0.545. The molecule has 8 nitrogen and oxygen atoms in total. The third kappa shape index (κ3) is 2.84. The van der Waals surface area contributed by atoms with E-state index < -0.39 is 24.1 Å². The smallest absolute Gasteiger partial charge is 0.326 e. The number of nitrogens with zero attached hydrogens (tertiary/aromatic N) is 3. The van der Waals surface area contributed by atoms with Crippen LogP contribution >= 0.6 is 0 Å². The molecule has 1 aliphatic rings. The largest absolute Gasteiger partial charge is 0.480 e. The first-order chi connectivity index (χ1) is 8.99. The lowest BCUT2D eigenvalue weighted by atomic mass is 10.2. The Morgan fingerprint density at radius 3 is 2.89 bits per heavy atom. The summed E-state index contributed by atoms with van der Waals surface area (Å²) in [5, 5.41) is 25.1. The lowest BCUT2D eigenvalue weighted by Gasteiger charge is -2.21. The number of likely N-dealkylation sites (tertiary alicyclic amines) is 1. The molecule has 0 bridgehead atoms. The number of carbonyl (C=O) groups excluding carboxylic acids is 1. The molecule has 2 atom stereocenters. The number of nitrogens with one attached hydrogen (secondary N) is 1. The minimum absolute atomic E-state index is 0.0359. The summed E-state index contributed by atoms with van der Waals surface area (Å²) < 4.78 is 1.62. The molecule has 2 amide bonds. The minimum Gasteiger partial charge on any atom is -0.480 e. The van der Waals surface area contributed by atoms with E-state index >= 15 is 0 Å². The van der Waals surface area contributed by atoms with Gasteiger partial charge in [-0.15, -0.1) is 0 Å². The lowest BCUT2D eigenvalue weighted by Crippen LogP contribution is -2.46. The minimum atomic E-state index is -1.10. The first-order valence-corrected chi connectivity index (χ1v) is 5.91. The second-order valence-corrected chi connectivity index (χ2v) is 4.50. The van der Waals surface area contributed by atoms with Crippen molar-refractivity contribution in [2.75, 3.05) is 6.54 Å². The Balaban J connectivity index is 1.96. The fourth-order valence-electron chi connectivity index (χ4n) is 2.11. The van der Waals surface area contributed by atoms with Crippen LogP contribution in [-0.2, 0) is 18.4 Å². The second kappa shape index (κ2) is 5.27. The van der Waals surface area contributed by atoms with Crippen molar-refractivity contribution < 1.29 is 19.8 Å². The summed E-state index contributed by atoms with van der Waals surface area (Å²) in [6.07, 6.45) is 0.888. The Hall–Kier alpha value is -2.09. The van der Waals surface area contributed by atoms with Gasteiger partial charge in [-0.05, 0) is 6.07 Å². The predicted octanol–water partition coefficient (Wildman–Crippen LogP) is -0.850. The number of hydrogen-bond acceptors (Lipinski definition) is 4. The summed E-state index contributed by atoms with van der Waals surface area (Å²) in [6.45, 7) is 0.294. The highest BCUT2D eigenvalue weighted by Gasteiger charge is 2.38. The van der Waals surface area contributed by atoms with Crippen LogP contribution in [0, 0.1) is 0 Å². The van der Waals surface area contributed by atoms with Gasteiger partial charge in [0.1, 0.15) is 6.04 Å². The van der Waals surface area contributed by atoms with E-state index in [9.17, 15) is 14.7 Å². The van der Waals surface area contributed by atoms with Gasteiger partial charge in [0, 0.05) is 26.2 Å². The number of aliphatic hydroxyl groups excluding tert-OH is 1. The molecule has 0 aliphatic carbocycles. The maximum Gasteiger partial charge on any atom is 0.326 e. The number of aryl methyl sites for hydroxylation is 1. The van der Waals surface area contributed by atoms with Crippen LogP contribution in [-0.4, -0.2) is 55.6 Å². The van der Waals surface area contributed by atoms with Crippen LogP contribution in [0.5, 0.6) is 0 Å². The average Bonchev–Trinajstić information content (AvgIpc) is 2.92. The van der Waals surface area contributed by atoms with Gasteiger partial charge in [0.25, 0.3) is 0 Å². The first-order valence-electron chi connectivity index (χ1n) is 5.91. The van der Waals surface area contributed by atoms with Gasteiger partial charge < -0.3 is 20.4 Å². The SMILES string of the molecule is Cn1nccc1CNC(=O)N1C[C@@H](O)C[C@H]1C(=O)O. The highest BCUT2D eigenvalue weighted by atomic mass is 16.4. The van der Waals surface area contributed by atoms with Gasteiger partial charge in [-0.2, -0.15) is 5.10 Å². The molecule has 104 valence electrons. The normalized spacial score (nSPS) is 22.5. The lowest BCUT2D eigenvalue weighted by molar-refractivity contribution is -0.141. The van der Waals surface area contributed by atoms with Crippen LogP contribution in [0.4, 0.5) is 4.79 Å². The predicted molar refractivity (Wildman–Crippen MR) is 64.2 cm³/mol. The molecule has 1 aromatic rings. The molecule has 1 aromatic heterocycles. The van der Waals surface area contributed by atoms with Gasteiger partial charge in [0.05, 0.1) is 18.3 Å². The average molecular weight is 268 g/mol. The third-order valence-corrected chi connectivity index (χ3v) is 3.17. The molecular weight excluding hydrogens is 252 g/mol. The molecule has 2 rings (SSSR count). The topological polar surface area (TPSA) is 108 Å². The molecule has 3 N–H and O–H groups in total. The number of carbonyl (C=O) groups is 2. The number of urea groups is 1. The van der Waals surface area contributed by atoms with Crippen LogP contribution in [0.3, 0.4) is 0 Å². The second-order valence-electron chi connectivity index (χ2n) is 4.50. The Morgan fingerprint density at radius 2 is 2.32 bits per heavy atom. The van der Waals surface area contributed by atoms with Crippen molar-refractivity contribution in [3.05, 3.63) is 18.0 Å². The molecule has 1 fully saturated rings. The molecule has 0 unspecified atom stereocenters. The van der Waals surface area contributed by atoms with E-state index in [2.05, 4.69) is 10.4 Å². The van der Waals surface area contributed by atoms with E-state index in [1.807, 2.05) is 0 Å². The summed E-state index contributed by atoms with van der Waals surface area (Å²) in [5.41, 5.74) is 0.806. The van der Waals surface area contributed by atoms with Gasteiger partial charge in [-0.25, -0.2) is 9.59 Å². The summed E-state index contributed by atoms with van der Waals surface area (Å²) in [4.78, 5) is 24.1. The van der Waals surface area contributed by atoms with E-state index in [1.54, 1.807) is 24.0 Å². The van der Waals surface area contributed by atoms with E-state index in [1.165, 1.54) is 0 Å². The molecule has 8 heteroatoms. The van der Waals surface area contributed by atoms with E-state index in [0.717, 1.165) is 10.6 Å². The van der Waals surface area contributed by atoms with Gasteiger partial charge in [-0.1, -0.05) is 0 Å². The maximum atomic E-state index is 11.9. The molecule has 1 aliphatic heterocycles. The molecule has 0 aromatic carbocycles. The van der Waals surface area contributed by atoms with E-state index in [-0.39, 0.29) is 19.5 Å². The van der Waals surface area contributed by atoms with Crippen LogP contribution in [0.2, 0.25) is 0 Å². The van der Waals surface area contributed by atoms with Gasteiger partial charge in [0.2, 0.25) is 0 Å². The number of carboxylic acids is 1. The monoisotopic (exact) mass is 268 g/mol. The summed E-state index contributed by atoms with van der Waals surface area (Å²) in [6, 6.07) is 0.292. The van der Waals surface area contributed by atoms with E-state index in [4.69, 9.17) is 5.11 Å². The maximum absolute atomic E-state index is 11.9. The zero-order valence-electron chi connectivity index (χ0n) is 10.5. The number of aliphatic carboxylic acids is 1. The molecule has 2 heterocycles. The van der Waals surface area contributed by atoms with Crippen molar-refractivity contribution in [2.24, 2.45) is 7.05 Å². The summed E-state index contributed by atoms with van der Waals surface area (Å²) in [7, 11) is 1.75. The van der Waals surface area contributed by atoms with Gasteiger partial charge in [-0.3, -0.25) is 4.68 Å². The van der Waals surface area contributed by atoms with Crippen molar-refractivity contribution in [3.8, 4) is 0 Å². The first kappa shape index (κ1) is 13.3. The quantitative estimate of drug-likeness (QED) is 0.662. The zero-order chi connectivity index (χ0) is 14.0. The zero-order valence-corrected chi connectivity index (χ0v) is 10.5. The highest BCUT2D eigenvalue weighted by molar-refractivity contribution is 5.83. The molecule has 0 radical (unpaired) electrons. The fourth-order valence-corrected chi connectivity index (χ4v) is 2.11. The Morgan fingerprint density at radius 1 is 1.58 bits per heavy atom. The molecule has 1 saturated heterocycles. The van der Waals surface area contributed by atoms with Crippen molar-refractivity contribution >= 4 is 12.0 Å². The molecule has 19 heavy (non-hydrogen) atoms. The molecule has 0 saturated carbocycles. The number of carboxylic acid groups (broad SMARTS) is 1. The van der Waals surface area contributed by atoms with Gasteiger partial charge in [0.15, 0.2) is 0 Å². The van der Waals surface area contributed by atoms with Crippen molar-refractivity contribution in [1.82, 2.24) is 20.0 Å². The van der Waals surface area contributed by atoms with Gasteiger partial charge >= 0.3 is 12.0 Å². The number of hydrogen-bond donors (Lipinski definition) is 3. The number of aliphatic hydroxyl groups is 1. The Kier molecular flexibility index (Phi) is 3.70. The van der Waals surface area contributed by atoms with Crippen LogP contribution < -0.4 is 5.32 Å². The Bertz CT molecular complexity index is 487. The third-order valence-electron chi connectivity index (χ3n) is 3.17. The van der Waals surface area contributed by atoms with Crippen molar-refractivity contribution in [3.63, 3.8) is 0 Å². The summed E-state index contributed by atoms with van der Waals surface area (Å²) in [5.74, 6) is -1.10. The number of aromatic nitrogens is 2. The highest BCUT2D eigenvalue weighted by Crippen LogP contribution is 2.18. The standard InChI is InChI=1S/C11H16N4O4/c1-14-7(2-3-13-14)5-12-11(19)15-6-8(16)4-9(15)10(17)18/h2-3,8-9,16H,4-6H2,1H3,(H,12,19)(H,17,18)/t8-,9-/m0/s1.